The number of hydrogen-bond donors (Lipinski definition) is 1. The van der Waals surface area contributed by atoms with Gasteiger partial charge in [0.05, 0.1) is 13.2 Å². The number of nitrogens with one attached hydrogen (secondary N) is 1. The van der Waals surface area contributed by atoms with Crippen LogP contribution in [0.2, 0.25) is 0 Å². The number of rotatable bonds is 8. The zero-order valence-corrected chi connectivity index (χ0v) is 13.8. The summed E-state index contributed by atoms with van der Waals surface area (Å²) in [5.74, 6) is 0.571. The predicted octanol–water partition coefficient (Wildman–Crippen LogP) is 2.20. The van der Waals surface area contributed by atoms with E-state index in [1.54, 1.807) is 7.11 Å². The van der Waals surface area contributed by atoms with Crippen molar-refractivity contribution in [2.75, 3.05) is 32.2 Å². The molecule has 0 aliphatic carbocycles. The Hall–Kier alpha value is -1.44. The molecular weight excluding hydrogens is 336 g/mol. The number of hydrogen-bond acceptors (Lipinski definition) is 6. The Balaban J connectivity index is 1.88. The fourth-order valence-corrected chi connectivity index (χ4v) is 2.26. The van der Waals surface area contributed by atoms with Crippen molar-refractivity contribution in [3.8, 4) is 0 Å². The molecule has 0 amide bonds. The van der Waals surface area contributed by atoms with Crippen LogP contribution in [0.3, 0.4) is 0 Å². The molecular formula is C14H19BrN4O2. The first-order chi connectivity index (χ1) is 10.2. The van der Waals surface area contributed by atoms with Crippen LogP contribution in [0.25, 0.3) is 0 Å². The highest BCUT2D eigenvalue weighted by Gasteiger charge is 2.11. The van der Waals surface area contributed by atoms with Gasteiger partial charge in [-0.3, -0.25) is 0 Å². The second kappa shape index (κ2) is 8.11. The highest BCUT2D eigenvalue weighted by atomic mass is 79.9. The fraction of sp³-hybridized carbons (Fsp3) is 0.429. The number of nitrogens with zero attached hydrogens (tertiary/aromatic N) is 3. The Morgan fingerprint density at radius 3 is 3.00 bits per heavy atom. The van der Waals surface area contributed by atoms with E-state index in [1.165, 1.54) is 5.56 Å². The van der Waals surface area contributed by atoms with E-state index in [2.05, 4.69) is 43.6 Å². The fourth-order valence-electron chi connectivity index (χ4n) is 1.82. The van der Waals surface area contributed by atoms with Gasteiger partial charge in [0.1, 0.15) is 0 Å². The maximum Gasteiger partial charge on any atom is 0.318 e. The summed E-state index contributed by atoms with van der Waals surface area (Å²) >= 11 is 3.47. The van der Waals surface area contributed by atoms with Crippen molar-refractivity contribution in [1.29, 1.82) is 0 Å². The third-order valence-corrected chi connectivity index (χ3v) is 3.34. The van der Waals surface area contributed by atoms with E-state index in [9.17, 15) is 0 Å². The zero-order chi connectivity index (χ0) is 15.1. The molecule has 0 unspecified atom stereocenters. The van der Waals surface area contributed by atoms with E-state index in [0.29, 0.717) is 31.6 Å². The largest absolute Gasteiger partial charge is 0.407 e. The Bertz CT molecular complexity index is 561. The number of halogens is 1. The predicted molar refractivity (Wildman–Crippen MR) is 84.1 cm³/mol. The molecule has 0 bridgehead atoms. The lowest BCUT2D eigenvalue weighted by atomic mass is 10.2. The molecule has 0 spiro atoms. The van der Waals surface area contributed by atoms with Gasteiger partial charge in [-0.1, -0.05) is 33.2 Å². The number of ether oxygens (including phenoxy) is 1. The third kappa shape index (κ3) is 5.11. The van der Waals surface area contributed by atoms with Crippen molar-refractivity contribution in [1.82, 2.24) is 15.5 Å². The maximum absolute atomic E-state index is 5.62. The lowest BCUT2D eigenvalue weighted by Crippen LogP contribution is -2.18. The highest BCUT2D eigenvalue weighted by molar-refractivity contribution is 9.10. The van der Waals surface area contributed by atoms with Gasteiger partial charge in [0.15, 0.2) is 0 Å². The first-order valence-electron chi connectivity index (χ1n) is 6.66. The first kappa shape index (κ1) is 15.9. The van der Waals surface area contributed by atoms with Crippen molar-refractivity contribution in [3.05, 3.63) is 40.2 Å². The number of methoxy groups -OCH3 is 1. The minimum Gasteiger partial charge on any atom is -0.407 e. The quantitative estimate of drug-likeness (QED) is 0.733. The number of aromatic nitrogens is 2. The van der Waals surface area contributed by atoms with Crippen LogP contribution in [0.4, 0.5) is 6.01 Å². The highest BCUT2D eigenvalue weighted by Crippen LogP contribution is 2.16. The average molecular weight is 355 g/mol. The molecule has 0 fully saturated rings. The minimum absolute atomic E-state index is 0.513. The second-order valence-corrected chi connectivity index (χ2v) is 5.55. The Kier molecular flexibility index (Phi) is 6.16. The van der Waals surface area contributed by atoms with E-state index in [1.807, 2.05) is 24.1 Å². The van der Waals surface area contributed by atoms with Crippen molar-refractivity contribution < 1.29 is 9.15 Å². The first-order valence-corrected chi connectivity index (χ1v) is 7.46. The van der Waals surface area contributed by atoms with Gasteiger partial charge in [0.25, 0.3) is 0 Å². The monoisotopic (exact) mass is 354 g/mol. The van der Waals surface area contributed by atoms with Gasteiger partial charge in [-0.2, -0.15) is 0 Å². The van der Waals surface area contributed by atoms with E-state index >= 15 is 0 Å². The molecule has 2 rings (SSSR count). The molecule has 0 saturated heterocycles. The van der Waals surface area contributed by atoms with E-state index in [0.717, 1.165) is 11.0 Å². The van der Waals surface area contributed by atoms with Crippen LogP contribution in [0.15, 0.2) is 33.2 Å². The summed E-state index contributed by atoms with van der Waals surface area (Å²) in [5, 5.41) is 11.2. The van der Waals surface area contributed by atoms with Crippen LogP contribution in [-0.4, -0.2) is 37.5 Å². The van der Waals surface area contributed by atoms with E-state index < -0.39 is 0 Å². The smallest absolute Gasteiger partial charge is 0.318 e. The summed E-state index contributed by atoms with van der Waals surface area (Å²) in [6, 6.07) is 8.65. The molecule has 21 heavy (non-hydrogen) atoms. The molecule has 1 heterocycles. The molecule has 0 aliphatic rings. The van der Waals surface area contributed by atoms with Gasteiger partial charge in [-0.25, -0.2) is 0 Å². The summed E-state index contributed by atoms with van der Waals surface area (Å²) in [5.41, 5.74) is 1.17. The molecule has 0 atom stereocenters. The van der Waals surface area contributed by atoms with Crippen molar-refractivity contribution in [2.45, 2.75) is 13.1 Å². The van der Waals surface area contributed by atoms with Crippen LogP contribution >= 0.6 is 15.9 Å². The summed E-state index contributed by atoms with van der Waals surface area (Å²) in [7, 11) is 3.60. The molecule has 1 aromatic carbocycles. The van der Waals surface area contributed by atoms with E-state index in [4.69, 9.17) is 9.15 Å². The number of benzene rings is 1. The molecule has 6 nitrogen and oxygen atoms in total. The van der Waals surface area contributed by atoms with E-state index in [-0.39, 0.29) is 0 Å². The van der Waals surface area contributed by atoms with Crippen molar-refractivity contribution >= 4 is 21.9 Å². The van der Waals surface area contributed by atoms with Crippen LogP contribution in [0, 0.1) is 0 Å². The summed E-state index contributed by atoms with van der Waals surface area (Å²) in [6.07, 6.45) is 0. The Morgan fingerprint density at radius 1 is 1.38 bits per heavy atom. The van der Waals surface area contributed by atoms with Crippen LogP contribution in [-0.2, 0) is 17.8 Å². The molecule has 1 aromatic heterocycles. The number of anilines is 1. The molecule has 1 N–H and O–H groups in total. The molecule has 7 heteroatoms. The normalized spacial score (nSPS) is 10.8. The summed E-state index contributed by atoms with van der Waals surface area (Å²) in [4.78, 5) is 1.92. The lowest BCUT2D eigenvalue weighted by Gasteiger charge is -2.13. The molecule has 0 radical (unpaired) electrons. The van der Waals surface area contributed by atoms with Gasteiger partial charge in [0, 0.05) is 31.7 Å². The van der Waals surface area contributed by atoms with Gasteiger partial charge >= 0.3 is 6.01 Å². The second-order valence-electron chi connectivity index (χ2n) is 4.63. The summed E-state index contributed by atoms with van der Waals surface area (Å²) in [6.45, 7) is 2.66. The van der Waals surface area contributed by atoms with Gasteiger partial charge in [0.2, 0.25) is 5.89 Å². The van der Waals surface area contributed by atoms with Crippen LogP contribution in [0.5, 0.6) is 0 Å². The Morgan fingerprint density at radius 2 is 2.24 bits per heavy atom. The average Bonchev–Trinajstić information content (AvgIpc) is 2.93. The SMILES string of the molecule is COCCNCc1nnc(N(C)Cc2cccc(Br)c2)o1. The lowest BCUT2D eigenvalue weighted by molar-refractivity contribution is 0.198. The van der Waals surface area contributed by atoms with Crippen molar-refractivity contribution in [3.63, 3.8) is 0 Å². The molecule has 114 valence electrons. The van der Waals surface area contributed by atoms with Gasteiger partial charge < -0.3 is 19.4 Å². The Labute approximate surface area is 132 Å². The summed E-state index contributed by atoms with van der Waals surface area (Å²) < 4.78 is 11.6. The minimum atomic E-state index is 0.513. The van der Waals surface area contributed by atoms with Gasteiger partial charge in [-0.15, -0.1) is 5.10 Å². The standard InChI is InChI=1S/C14H19BrN4O2/c1-19(10-11-4-3-5-12(15)8-11)14-18-17-13(21-14)9-16-6-7-20-2/h3-5,8,16H,6-7,9-10H2,1-2H3. The molecule has 0 saturated carbocycles. The molecule has 0 aliphatic heterocycles. The molecule has 2 aromatic rings. The van der Waals surface area contributed by atoms with Crippen LogP contribution in [0.1, 0.15) is 11.5 Å². The topological polar surface area (TPSA) is 63.4 Å². The van der Waals surface area contributed by atoms with Crippen molar-refractivity contribution in [2.24, 2.45) is 0 Å². The zero-order valence-electron chi connectivity index (χ0n) is 12.2. The van der Waals surface area contributed by atoms with Gasteiger partial charge in [-0.05, 0) is 17.7 Å². The third-order valence-electron chi connectivity index (χ3n) is 2.85. The maximum atomic E-state index is 5.62. The van der Waals surface area contributed by atoms with Crippen LogP contribution < -0.4 is 10.2 Å².